The van der Waals surface area contributed by atoms with Crippen molar-refractivity contribution >= 4 is 17.6 Å². The van der Waals surface area contributed by atoms with E-state index in [1.165, 1.54) is 0 Å². The topological polar surface area (TPSA) is 129 Å². The SMILES string of the molecule is Cc1cc(-n2nc(C(=O)O)c(=O)[nH]c2=O)cc(C)c1C(C#N)c1ccc(Cl)cc1. The molecule has 0 aliphatic carbocycles. The van der Waals surface area contributed by atoms with Gasteiger partial charge in [-0.2, -0.15) is 15.0 Å². The highest BCUT2D eigenvalue weighted by molar-refractivity contribution is 6.30. The highest BCUT2D eigenvalue weighted by Gasteiger charge is 2.20. The number of carboxylic acid groups (broad SMARTS) is 1. The fourth-order valence-corrected chi connectivity index (χ4v) is 3.33. The van der Waals surface area contributed by atoms with Crippen molar-refractivity contribution in [2.24, 2.45) is 0 Å². The predicted octanol–water partition coefficient (Wildman–Crippen LogP) is 2.54. The molecule has 0 saturated carbocycles. The zero-order valence-electron chi connectivity index (χ0n) is 15.4. The molecule has 0 bridgehead atoms. The number of rotatable bonds is 4. The van der Waals surface area contributed by atoms with Crippen molar-refractivity contribution in [1.29, 1.82) is 5.26 Å². The van der Waals surface area contributed by atoms with Gasteiger partial charge in [0.25, 0.3) is 5.56 Å². The Labute approximate surface area is 169 Å². The molecule has 0 saturated heterocycles. The molecule has 0 spiro atoms. The summed E-state index contributed by atoms with van der Waals surface area (Å²) in [4.78, 5) is 36.9. The van der Waals surface area contributed by atoms with Crippen molar-refractivity contribution in [3.05, 3.63) is 90.2 Å². The summed E-state index contributed by atoms with van der Waals surface area (Å²) in [6, 6.07) is 12.5. The minimum atomic E-state index is -1.54. The maximum Gasteiger partial charge on any atom is 0.362 e. The first-order chi connectivity index (χ1) is 13.7. The second kappa shape index (κ2) is 7.73. The number of carboxylic acids is 1. The maximum atomic E-state index is 12.2. The van der Waals surface area contributed by atoms with Gasteiger partial charge < -0.3 is 5.11 Å². The van der Waals surface area contributed by atoms with Crippen LogP contribution in [-0.4, -0.2) is 25.8 Å². The molecule has 29 heavy (non-hydrogen) atoms. The summed E-state index contributed by atoms with van der Waals surface area (Å²) < 4.78 is 0.818. The van der Waals surface area contributed by atoms with Crippen LogP contribution in [0.3, 0.4) is 0 Å². The minimum Gasteiger partial charge on any atom is -0.476 e. The lowest BCUT2D eigenvalue weighted by molar-refractivity contribution is 0.0685. The highest BCUT2D eigenvalue weighted by atomic mass is 35.5. The molecule has 2 N–H and O–H groups in total. The lowest BCUT2D eigenvalue weighted by Gasteiger charge is -2.18. The Balaban J connectivity index is 2.16. The number of nitriles is 1. The number of carbonyl (C=O) groups is 1. The van der Waals surface area contributed by atoms with Gasteiger partial charge in [-0.1, -0.05) is 23.7 Å². The van der Waals surface area contributed by atoms with Gasteiger partial charge in [-0.25, -0.2) is 9.59 Å². The summed E-state index contributed by atoms with van der Waals surface area (Å²) in [5.74, 6) is -2.10. The number of aryl methyl sites for hydroxylation is 2. The molecule has 0 aliphatic rings. The van der Waals surface area contributed by atoms with E-state index >= 15 is 0 Å². The number of H-pyrrole nitrogens is 1. The van der Waals surface area contributed by atoms with Crippen LogP contribution >= 0.6 is 11.6 Å². The second-order valence-electron chi connectivity index (χ2n) is 6.43. The zero-order valence-corrected chi connectivity index (χ0v) is 16.2. The number of hydrogen-bond donors (Lipinski definition) is 2. The first-order valence-electron chi connectivity index (χ1n) is 8.46. The molecular weight excluding hydrogens is 396 g/mol. The minimum absolute atomic E-state index is 0.278. The van der Waals surface area contributed by atoms with E-state index in [2.05, 4.69) is 11.2 Å². The molecule has 2 aromatic carbocycles. The molecule has 0 amide bonds. The van der Waals surface area contributed by atoms with E-state index in [0.717, 1.165) is 15.8 Å². The van der Waals surface area contributed by atoms with Crippen molar-refractivity contribution < 1.29 is 9.90 Å². The lowest BCUT2D eigenvalue weighted by atomic mass is 9.86. The third-order valence-corrected chi connectivity index (χ3v) is 4.73. The molecule has 0 radical (unpaired) electrons. The first kappa shape index (κ1) is 20.0. The fraction of sp³-hybridized carbons (Fsp3) is 0.150. The lowest BCUT2D eigenvalue weighted by Crippen LogP contribution is -2.35. The van der Waals surface area contributed by atoms with Crippen LogP contribution in [0.4, 0.5) is 0 Å². The first-order valence-corrected chi connectivity index (χ1v) is 8.84. The number of aromatic carboxylic acids is 1. The standard InChI is InChI=1S/C20H15ClN4O4/c1-10-7-14(25-20(29)23-18(26)17(24-25)19(27)28)8-11(2)16(10)15(9-22)12-3-5-13(21)6-4-12/h3-8,15H,1-2H3,(H,27,28)(H,23,26,29). The smallest absolute Gasteiger partial charge is 0.362 e. The van der Waals surface area contributed by atoms with E-state index in [0.29, 0.717) is 16.1 Å². The summed E-state index contributed by atoms with van der Waals surface area (Å²) in [5, 5.41) is 23.1. The summed E-state index contributed by atoms with van der Waals surface area (Å²) in [7, 11) is 0. The number of hydrogen-bond acceptors (Lipinski definition) is 5. The molecule has 1 heterocycles. The Morgan fingerprint density at radius 1 is 1.21 bits per heavy atom. The van der Waals surface area contributed by atoms with Crippen molar-refractivity contribution in [2.75, 3.05) is 0 Å². The normalized spacial score (nSPS) is 11.7. The largest absolute Gasteiger partial charge is 0.476 e. The Morgan fingerprint density at radius 3 is 2.31 bits per heavy atom. The van der Waals surface area contributed by atoms with Crippen LogP contribution in [0.25, 0.3) is 5.69 Å². The van der Waals surface area contributed by atoms with Crippen LogP contribution in [0.2, 0.25) is 5.02 Å². The third kappa shape index (κ3) is 3.81. The van der Waals surface area contributed by atoms with E-state index in [1.807, 2.05) is 4.98 Å². The number of aromatic nitrogens is 3. The fourth-order valence-electron chi connectivity index (χ4n) is 3.21. The monoisotopic (exact) mass is 410 g/mol. The molecular formula is C20H15ClN4O4. The number of nitrogens with one attached hydrogen (secondary N) is 1. The second-order valence-corrected chi connectivity index (χ2v) is 6.87. The van der Waals surface area contributed by atoms with Crippen LogP contribution in [0.15, 0.2) is 46.0 Å². The van der Waals surface area contributed by atoms with Crippen LogP contribution in [0.5, 0.6) is 0 Å². The van der Waals surface area contributed by atoms with Gasteiger partial charge in [0.05, 0.1) is 17.7 Å². The summed E-state index contributed by atoms with van der Waals surface area (Å²) in [6.07, 6.45) is 0. The van der Waals surface area contributed by atoms with Gasteiger partial charge in [0.1, 0.15) is 0 Å². The van der Waals surface area contributed by atoms with Crippen LogP contribution in [0.1, 0.15) is 38.7 Å². The molecule has 9 heteroatoms. The van der Waals surface area contributed by atoms with Gasteiger partial charge in [0.2, 0.25) is 5.69 Å². The quantitative estimate of drug-likeness (QED) is 0.680. The molecule has 0 aliphatic heterocycles. The molecule has 8 nitrogen and oxygen atoms in total. The highest BCUT2D eigenvalue weighted by Crippen LogP contribution is 2.31. The predicted molar refractivity (Wildman–Crippen MR) is 106 cm³/mol. The number of aromatic amines is 1. The van der Waals surface area contributed by atoms with Gasteiger partial charge >= 0.3 is 11.7 Å². The van der Waals surface area contributed by atoms with Crippen molar-refractivity contribution in [1.82, 2.24) is 14.8 Å². The van der Waals surface area contributed by atoms with Gasteiger partial charge in [-0.15, -0.1) is 0 Å². The van der Waals surface area contributed by atoms with E-state index in [4.69, 9.17) is 16.7 Å². The number of benzene rings is 2. The Morgan fingerprint density at radius 2 is 1.79 bits per heavy atom. The molecule has 0 fully saturated rings. The molecule has 146 valence electrons. The van der Waals surface area contributed by atoms with Crippen molar-refractivity contribution in [3.8, 4) is 11.8 Å². The zero-order chi connectivity index (χ0) is 21.3. The molecule has 1 atom stereocenters. The van der Waals surface area contributed by atoms with Crippen molar-refractivity contribution in [3.63, 3.8) is 0 Å². The number of nitrogens with zero attached hydrogens (tertiary/aromatic N) is 3. The number of halogens is 1. The Hall–Kier alpha value is -3.70. The molecule has 1 unspecified atom stereocenters. The van der Waals surface area contributed by atoms with Crippen LogP contribution < -0.4 is 11.2 Å². The average Bonchev–Trinajstić information content (AvgIpc) is 2.65. The van der Waals surface area contributed by atoms with E-state index in [-0.39, 0.29) is 5.69 Å². The molecule has 3 aromatic rings. The summed E-state index contributed by atoms with van der Waals surface area (Å²) in [5.41, 5.74) is 0.493. The van der Waals surface area contributed by atoms with E-state index in [1.54, 1.807) is 50.2 Å². The van der Waals surface area contributed by atoms with E-state index in [9.17, 15) is 19.6 Å². The maximum absolute atomic E-state index is 12.2. The third-order valence-electron chi connectivity index (χ3n) is 4.47. The van der Waals surface area contributed by atoms with Gasteiger partial charge in [-0.3, -0.25) is 9.78 Å². The van der Waals surface area contributed by atoms with Crippen LogP contribution in [-0.2, 0) is 0 Å². The Bertz CT molecular complexity index is 1250. The summed E-state index contributed by atoms with van der Waals surface area (Å²) >= 11 is 5.93. The van der Waals surface area contributed by atoms with Gasteiger partial charge in [0, 0.05) is 5.02 Å². The van der Waals surface area contributed by atoms with Gasteiger partial charge in [0.15, 0.2) is 0 Å². The van der Waals surface area contributed by atoms with Gasteiger partial charge in [-0.05, 0) is 60.4 Å². The molecule has 1 aromatic heterocycles. The molecule has 3 rings (SSSR count). The Kier molecular flexibility index (Phi) is 5.35. The van der Waals surface area contributed by atoms with Crippen molar-refractivity contribution in [2.45, 2.75) is 19.8 Å². The van der Waals surface area contributed by atoms with E-state index < -0.39 is 28.8 Å². The average molecular weight is 411 g/mol. The summed E-state index contributed by atoms with van der Waals surface area (Å²) in [6.45, 7) is 3.56. The van der Waals surface area contributed by atoms with Crippen LogP contribution in [0, 0.1) is 25.2 Å².